The van der Waals surface area contributed by atoms with Crippen molar-refractivity contribution in [2.45, 2.75) is 0 Å². The van der Waals surface area contributed by atoms with Crippen LogP contribution in [-0.4, -0.2) is 28.0 Å². The van der Waals surface area contributed by atoms with Crippen molar-refractivity contribution in [1.82, 2.24) is 15.0 Å². The molecule has 2 N–H and O–H groups in total. The number of carbonyl (C=O) groups excluding carboxylic acids is 1. The minimum absolute atomic E-state index is 0.101. The predicted octanol–water partition coefficient (Wildman–Crippen LogP) is 1.80. The van der Waals surface area contributed by atoms with Crippen LogP contribution in [0.15, 0.2) is 42.9 Å². The Hall–Kier alpha value is -3.02. The SMILES string of the molecule is COc1ccc(-c2cccnc2)c2ncc(C(N)=O)nc12. The molecular weight excluding hydrogens is 268 g/mol. The van der Waals surface area contributed by atoms with Crippen molar-refractivity contribution >= 4 is 16.9 Å². The molecule has 0 aliphatic rings. The number of rotatable bonds is 3. The zero-order valence-corrected chi connectivity index (χ0v) is 11.3. The van der Waals surface area contributed by atoms with E-state index in [1.165, 1.54) is 13.3 Å². The van der Waals surface area contributed by atoms with E-state index in [1.807, 2.05) is 18.2 Å². The van der Waals surface area contributed by atoms with Crippen molar-refractivity contribution in [3.05, 3.63) is 48.5 Å². The van der Waals surface area contributed by atoms with Gasteiger partial charge in [-0.1, -0.05) is 6.07 Å². The first kappa shape index (κ1) is 13.0. The van der Waals surface area contributed by atoms with E-state index in [1.54, 1.807) is 18.5 Å². The van der Waals surface area contributed by atoms with Gasteiger partial charge in [-0.15, -0.1) is 0 Å². The fourth-order valence-corrected chi connectivity index (χ4v) is 2.11. The highest BCUT2D eigenvalue weighted by molar-refractivity contribution is 5.98. The molecule has 2 heterocycles. The molecule has 104 valence electrons. The highest BCUT2D eigenvalue weighted by atomic mass is 16.5. The largest absolute Gasteiger partial charge is 0.494 e. The lowest BCUT2D eigenvalue weighted by Gasteiger charge is -2.09. The molecular formula is C15H12N4O2. The summed E-state index contributed by atoms with van der Waals surface area (Å²) in [6.07, 6.45) is 4.81. The van der Waals surface area contributed by atoms with E-state index in [-0.39, 0.29) is 5.69 Å². The number of aromatic nitrogens is 3. The van der Waals surface area contributed by atoms with Crippen molar-refractivity contribution in [2.75, 3.05) is 7.11 Å². The number of amides is 1. The van der Waals surface area contributed by atoms with Crippen LogP contribution < -0.4 is 10.5 Å². The van der Waals surface area contributed by atoms with Gasteiger partial charge in [-0.3, -0.25) is 14.8 Å². The molecule has 6 heteroatoms. The number of nitrogens with zero attached hydrogens (tertiary/aromatic N) is 3. The Bertz CT molecular complexity index is 819. The number of methoxy groups -OCH3 is 1. The standard InChI is InChI=1S/C15H12N4O2/c1-21-12-5-4-10(9-3-2-6-17-7-9)13-14(12)19-11(8-18-13)15(16)20/h2-8H,1H3,(H2,16,20). The molecule has 1 amide bonds. The Balaban J connectivity index is 2.31. The maximum atomic E-state index is 11.3. The number of benzene rings is 1. The smallest absolute Gasteiger partial charge is 0.268 e. The molecule has 0 aliphatic carbocycles. The van der Waals surface area contributed by atoms with Gasteiger partial charge in [0, 0.05) is 23.5 Å². The van der Waals surface area contributed by atoms with Crippen molar-refractivity contribution in [2.24, 2.45) is 5.73 Å². The molecule has 0 fully saturated rings. The molecule has 21 heavy (non-hydrogen) atoms. The fraction of sp³-hybridized carbons (Fsp3) is 0.0667. The number of ether oxygens (including phenoxy) is 1. The summed E-state index contributed by atoms with van der Waals surface area (Å²) in [7, 11) is 1.54. The van der Waals surface area contributed by atoms with Gasteiger partial charge in [0.15, 0.2) is 0 Å². The molecule has 3 aromatic rings. The fourth-order valence-electron chi connectivity index (χ4n) is 2.11. The van der Waals surface area contributed by atoms with Gasteiger partial charge >= 0.3 is 0 Å². The van der Waals surface area contributed by atoms with Gasteiger partial charge in [-0.2, -0.15) is 0 Å². The third-order valence-corrected chi connectivity index (χ3v) is 3.11. The normalized spacial score (nSPS) is 10.5. The third kappa shape index (κ3) is 2.27. The summed E-state index contributed by atoms with van der Waals surface area (Å²) in [6, 6.07) is 7.44. The van der Waals surface area contributed by atoms with Crippen LogP contribution in [0.2, 0.25) is 0 Å². The molecule has 0 atom stereocenters. The molecule has 3 rings (SSSR count). The van der Waals surface area contributed by atoms with Crippen LogP contribution in [0, 0.1) is 0 Å². The number of nitrogens with two attached hydrogens (primary N) is 1. The van der Waals surface area contributed by atoms with Crippen LogP contribution in [0.4, 0.5) is 0 Å². The van der Waals surface area contributed by atoms with Gasteiger partial charge in [0.25, 0.3) is 5.91 Å². The van der Waals surface area contributed by atoms with E-state index < -0.39 is 5.91 Å². The molecule has 0 aliphatic heterocycles. The van der Waals surface area contributed by atoms with E-state index in [4.69, 9.17) is 10.5 Å². The van der Waals surface area contributed by atoms with Gasteiger partial charge in [0.1, 0.15) is 22.5 Å². The molecule has 0 unspecified atom stereocenters. The summed E-state index contributed by atoms with van der Waals surface area (Å²) < 4.78 is 5.28. The summed E-state index contributed by atoms with van der Waals surface area (Å²) in [4.78, 5) is 23.9. The number of hydrogen-bond acceptors (Lipinski definition) is 5. The molecule has 0 radical (unpaired) electrons. The Kier molecular flexibility index (Phi) is 3.19. The highest BCUT2D eigenvalue weighted by Crippen LogP contribution is 2.31. The molecule has 0 bridgehead atoms. The number of primary amides is 1. The van der Waals surface area contributed by atoms with Gasteiger partial charge in [-0.05, 0) is 18.2 Å². The second-order valence-electron chi connectivity index (χ2n) is 4.37. The Morgan fingerprint density at radius 3 is 2.71 bits per heavy atom. The minimum Gasteiger partial charge on any atom is -0.494 e. The summed E-state index contributed by atoms with van der Waals surface area (Å²) in [5, 5.41) is 0. The van der Waals surface area contributed by atoms with Gasteiger partial charge in [0.05, 0.1) is 13.3 Å². The maximum Gasteiger partial charge on any atom is 0.268 e. The lowest BCUT2D eigenvalue weighted by atomic mass is 10.1. The Morgan fingerprint density at radius 2 is 2.05 bits per heavy atom. The molecule has 6 nitrogen and oxygen atoms in total. The molecule has 1 aromatic carbocycles. The topological polar surface area (TPSA) is 91.0 Å². The van der Waals surface area contributed by atoms with Crippen LogP contribution in [0.25, 0.3) is 22.2 Å². The van der Waals surface area contributed by atoms with Crippen LogP contribution in [0.1, 0.15) is 10.5 Å². The number of hydrogen-bond donors (Lipinski definition) is 1. The molecule has 0 spiro atoms. The second-order valence-corrected chi connectivity index (χ2v) is 4.37. The summed E-state index contributed by atoms with van der Waals surface area (Å²) in [6.45, 7) is 0. The highest BCUT2D eigenvalue weighted by Gasteiger charge is 2.13. The summed E-state index contributed by atoms with van der Waals surface area (Å²) >= 11 is 0. The Labute approximate surface area is 120 Å². The van der Waals surface area contributed by atoms with Gasteiger partial charge < -0.3 is 10.5 Å². The third-order valence-electron chi connectivity index (χ3n) is 3.11. The first-order chi connectivity index (χ1) is 10.2. The molecule has 0 saturated carbocycles. The van der Waals surface area contributed by atoms with Crippen LogP contribution in [-0.2, 0) is 0 Å². The van der Waals surface area contributed by atoms with E-state index >= 15 is 0 Å². The minimum atomic E-state index is -0.627. The predicted molar refractivity (Wildman–Crippen MR) is 77.8 cm³/mol. The lowest BCUT2D eigenvalue weighted by Crippen LogP contribution is -2.13. The second kappa shape index (κ2) is 5.16. The number of pyridine rings is 1. The molecule has 0 saturated heterocycles. The van der Waals surface area contributed by atoms with Crippen molar-refractivity contribution in [3.8, 4) is 16.9 Å². The first-order valence-electron chi connectivity index (χ1n) is 6.24. The van der Waals surface area contributed by atoms with E-state index in [0.29, 0.717) is 16.8 Å². The van der Waals surface area contributed by atoms with Crippen LogP contribution in [0.5, 0.6) is 5.75 Å². The van der Waals surface area contributed by atoms with E-state index in [9.17, 15) is 4.79 Å². The summed E-state index contributed by atoms with van der Waals surface area (Å²) in [5.74, 6) is -0.0912. The van der Waals surface area contributed by atoms with E-state index in [2.05, 4.69) is 15.0 Å². The lowest BCUT2D eigenvalue weighted by molar-refractivity contribution is 0.0995. The van der Waals surface area contributed by atoms with Crippen molar-refractivity contribution < 1.29 is 9.53 Å². The zero-order chi connectivity index (χ0) is 14.8. The quantitative estimate of drug-likeness (QED) is 0.790. The van der Waals surface area contributed by atoms with Crippen molar-refractivity contribution in [1.29, 1.82) is 0 Å². The zero-order valence-electron chi connectivity index (χ0n) is 11.3. The Morgan fingerprint density at radius 1 is 1.19 bits per heavy atom. The monoisotopic (exact) mass is 280 g/mol. The number of carbonyl (C=O) groups is 1. The van der Waals surface area contributed by atoms with E-state index in [0.717, 1.165) is 11.1 Å². The van der Waals surface area contributed by atoms with Crippen molar-refractivity contribution in [3.63, 3.8) is 0 Å². The van der Waals surface area contributed by atoms with Gasteiger partial charge in [-0.25, -0.2) is 4.98 Å². The van der Waals surface area contributed by atoms with Gasteiger partial charge in [0.2, 0.25) is 0 Å². The summed E-state index contributed by atoms with van der Waals surface area (Å²) in [5.41, 5.74) is 8.25. The average molecular weight is 280 g/mol. The first-order valence-corrected chi connectivity index (χ1v) is 6.24. The molecule has 2 aromatic heterocycles. The maximum absolute atomic E-state index is 11.3. The van der Waals surface area contributed by atoms with Crippen LogP contribution >= 0.6 is 0 Å². The number of fused-ring (bicyclic) bond motifs is 1. The average Bonchev–Trinajstić information content (AvgIpc) is 2.54. The van der Waals surface area contributed by atoms with Crippen LogP contribution in [0.3, 0.4) is 0 Å².